The molecule has 0 radical (unpaired) electrons. The van der Waals surface area contributed by atoms with Gasteiger partial charge in [0.15, 0.2) is 5.78 Å². The molecule has 0 aromatic carbocycles. The van der Waals surface area contributed by atoms with Gasteiger partial charge in [-0.25, -0.2) is 4.98 Å². The number of aryl methyl sites for hydroxylation is 1. The van der Waals surface area contributed by atoms with E-state index in [0.29, 0.717) is 12.1 Å². The lowest BCUT2D eigenvalue weighted by molar-refractivity contribution is 0.0982. The maximum Gasteiger partial charge on any atom is 0.183 e. The van der Waals surface area contributed by atoms with Gasteiger partial charge in [-0.2, -0.15) is 0 Å². The number of Topliss-reactive ketones (excluding diaryl/α,β-unsaturated/α-hetero) is 1. The normalized spacial score (nSPS) is 16.2. The van der Waals surface area contributed by atoms with Crippen LogP contribution in [0.2, 0.25) is 0 Å². The summed E-state index contributed by atoms with van der Waals surface area (Å²) in [6, 6.07) is 0. The van der Waals surface area contributed by atoms with Crippen LogP contribution in [0.25, 0.3) is 0 Å². The predicted molar refractivity (Wildman–Crippen MR) is 69.1 cm³/mol. The van der Waals surface area contributed by atoms with E-state index in [-0.39, 0.29) is 5.78 Å². The zero-order valence-electron chi connectivity index (χ0n) is 10.4. The van der Waals surface area contributed by atoms with Gasteiger partial charge in [0.05, 0.1) is 18.2 Å². The van der Waals surface area contributed by atoms with Crippen LogP contribution in [0.5, 0.6) is 0 Å². The van der Waals surface area contributed by atoms with Gasteiger partial charge < -0.3 is 9.64 Å². The van der Waals surface area contributed by atoms with Crippen LogP contribution in [0.1, 0.15) is 35.8 Å². The third kappa shape index (κ3) is 2.66. The number of ether oxygens (including phenoxy) is 1. The van der Waals surface area contributed by atoms with E-state index in [9.17, 15) is 4.79 Å². The number of ketones is 1. The molecule has 1 saturated heterocycles. The van der Waals surface area contributed by atoms with Crippen molar-refractivity contribution in [1.82, 2.24) is 4.98 Å². The van der Waals surface area contributed by atoms with Crippen molar-refractivity contribution >= 4 is 22.1 Å². The van der Waals surface area contributed by atoms with Crippen LogP contribution in [0.4, 0.5) is 5.00 Å². The molecule has 4 nitrogen and oxygen atoms in total. The highest BCUT2D eigenvalue weighted by molar-refractivity contribution is 7.16. The summed E-state index contributed by atoms with van der Waals surface area (Å²) in [5.74, 6) is 0.141. The molecule has 1 fully saturated rings. The van der Waals surface area contributed by atoms with Crippen molar-refractivity contribution in [1.29, 1.82) is 0 Å². The summed E-state index contributed by atoms with van der Waals surface area (Å²) in [4.78, 5) is 18.6. The quantitative estimate of drug-likeness (QED) is 0.772. The van der Waals surface area contributed by atoms with Crippen LogP contribution in [0, 0.1) is 0 Å². The third-order valence-electron chi connectivity index (χ3n) is 2.84. The third-order valence-corrected chi connectivity index (χ3v) is 4.10. The minimum atomic E-state index is 0.141. The van der Waals surface area contributed by atoms with E-state index in [1.807, 2.05) is 6.92 Å². The number of hydrogen-bond donors (Lipinski definition) is 0. The number of rotatable bonds is 4. The molecule has 0 N–H and O–H groups in total. The SMILES string of the molecule is CCC(=O)c1nc(CC)sc1N1CCOCC1. The summed E-state index contributed by atoms with van der Waals surface area (Å²) in [7, 11) is 0. The molecule has 0 bridgehead atoms. The lowest BCUT2D eigenvalue weighted by Gasteiger charge is -2.27. The Morgan fingerprint density at radius 3 is 2.71 bits per heavy atom. The molecule has 0 atom stereocenters. The minimum absolute atomic E-state index is 0.141. The maximum atomic E-state index is 11.9. The van der Waals surface area contributed by atoms with Gasteiger partial charge in [0, 0.05) is 19.5 Å². The number of nitrogens with zero attached hydrogens (tertiary/aromatic N) is 2. The Kier molecular flexibility index (Phi) is 4.12. The Hall–Kier alpha value is -0.940. The zero-order chi connectivity index (χ0) is 12.3. The van der Waals surface area contributed by atoms with E-state index in [0.717, 1.165) is 42.7 Å². The highest BCUT2D eigenvalue weighted by Gasteiger charge is 2.22. The smallest absolute Gasteiger partial charge is 0.183 e. The fourth-order valence-corrected chi connectivity index (χ4v) is 2.91. The number of thiazole rings is 1. The van der Waals surface area contributed by atoms with Crippen LogP contribution in [-0.4, -0.2) is 37.1 Å². The van der Waals surface area contributed by atoms with E-state index in [4.69, 9.17) is 4.74 Å². The van der Waals surface area contributed by atoms with Gasteiger partial charge in [0.1, 0.15) is 10.7 Å². The van der Waals surface area contributed by atoms with Gasteiger partial charge in [-0.3, -0.25) is 4.79 Å². The van der Waals surface area contributed by atoms with Crippen molar-refractivity contribution in [2.24, 2.45) is 0 Å². The van der Waals surface area contributed by atoms with Gasteiger partial charge in [-0.05, 0) is 6.42 Å². The van der Waals surface area contributed by atoms with E-state index < -0.39 is 0 Å². The molecule has 1 aromatic rings. The molecule has 0 saturated carbocycles. The summed E-state index contributed by atoms with van der Waals surface area (Å²) < 4.78 is 5.34. The molecule has 17 heavy (non-hydrogen) atoms. The lowest BCUT2D eigenvalue weighted by Crippen LogP contribution is -2.36. The summed E-state index contributed by atoms with van der Waals surface area (Å²) in [5.41, 5.74) is 0.663. The molecule has 94 valence electrons. The summed E-state index contributed by atoms with van der Waals surface area (Å²) in [6.45, 7) is 7.14. The van der Waals surface area contributed by atoms with Crippen molar-refractivity contribution in [2.75, 3.05) is 31.2 Å². The van der Waals surface area contributed by atoms with Crippen molar-refractivity contribution in [3.63, 3.8) is 0 Å². The largest absolute Gasteiger partial charge is 0.378 e. The molecule has 1 aliphatic rings. The fraction of sp³-hybridized carbons (Fsp3) is 0.667. The maximum absolute atomic E-state index is 11.9. The van der Waals surface area contributed by atoms with Gasteiger partial charge >= 0.3 is 0 Å². The highest BCUT2D eigenvalue weighted by Crippen LogP contribution is 2.30. The van der Waals surface area contributed by atoms with Gasteiger partial charge in [0.2, 0.25) is 0 Å². The Morgan fingerprint density at radius 1 is 1.41 bits per heavy atom. The molecule has 0 amide bonds. The molecule has 1 aromatic heterocycles. The number of hydrogen-bond acceptors (Lipinski definition) is 5. The van der Waals surface area contributed by atoms with Crippen LogP contribution in [0.15, 0.2) is 0 Å². The highest BCUT2D eigenvalue weighted by atomic mass is 32.1. The number of carbonyl (C=O) groups excluding carboxylic acids is 1. The van der Waals surface area contributed by atoms with Crippen molar-refractivity contribution in [3.8, 4) is 0 Å². The van der Waals surface area contributed by atoms with E-state index in [2.05, 4.69) is 16.8 Å². The monoisotopic (exact) mass is 254 g/mol. The molecule has 2 heterocycles. The van der Waals surface area contributed by atoms with Crippen molar-refractivity contribution in [3.05, 3.63) is 10.7 Å². The zero-order valence-corrected chi connectivity index (χ0v) is 11.2. The standard InChI is InChI=1S/C12H18N2O2S/c1-3-9(15)11-12(17-10(4-2)13-11)14-5-7-16-8-6-14/h3-8H2,1-2H3. The van der Waals surface area contributed by atoms with Crippen LogP contribution in [0.3, 0.4) is 0 Å². The average Bonchev–Trinajstić information content (AvgIpc) is 2.83. The first kappa shape index (κ1) is 12.5. The predicted octanol–water partition coefficient (Wildman–Crippen LogP) is 2.13. The van der Waals surface area contributed by atoms with Crippen LogP contribution >= 0.6 is 11.3 Å². The number of anilines is 1. The molecule has 2 rings (SSSR count). The number of carbonyl (C=O) groups is 1. The summed E-state index contributed by atoms with van der Waals surface area (Å²) in [5, 5.41) is 2.08. The molecule has 1 aliphatic heterocycles. The summed E-state index contributed by atoms with van der Waals surface area (Å²) >= 11 is 1.65. The Morgan fingerprint density at radius 2 is 2.12 bits per heavy atom. The van der Waals surface area contributed by atoms with Crippen molar-refractivity contribution < 1.29 is 9.53 Å². The van der Waals surface area contributed by atoms with Gasteiger partial charge in [-0.1, -0.05) is 13.8 Å². The van der Waals surface area contributed by atoms with E-state index >= 15 is 0 Å². The lowest BCUT2D eigenvalue weighted by atomic mass is 10.2. The Balaban J connectivity index is 2.29. The summed E-state index contributed by atoms with van der Waals surface area (Å²) in [6.07, 6.45) is 1.41. The van der Waals surface area contributed by atoms with Crippen LogP contribution < -0.4 is 4.90 Å². The van der Waals surface area contributed by atoms with Gasteiger partial charge in [-0.15, -0.1) is 11.3 Å². The Labute approximate surface area is 106 Å². The second-order valence-electron chi connectivity index (χ2n) is 3.99. The Bertz CT molecular complexity index is 397. The molecule has 0 aliphatic carbocycles. The number of aromatic nitrogens is 1. The van der Waals surface area contributed by atoms with E-state index in [1.54, 1.807) is 11.3 Å². The van der Waals surface area contributed by atoms with Gasteiger partial charge in [0.25, 0.3) is 0 Å². The topological polar surface area (TPSA) is 42.4 Å². The van der Waals surface area contributed by atoms with Crippen LogP contribution in [-0.2, 0) is 11.2 Å². The average molecular weight is 254 g/mol. The molecule has 0 spiro atoms. The molecular weight excluding hydrogens is 236 g/mol. The molecular formula is C12H18N2O2S. The van der Waals surface area contributed by atoms with E-state index in [1.165, 1.54) is 0 Å². The molecule has 5 heteroatoms. The number of morpholine rings is 1. The molecule has 0 unspecified atom stereocenters. The second-order valence-corrected chi connectivity index (χ2v) is 5.05. The van der Waals surface area contributed by atoms with Crippen molar-refractivity contribution in [2.45, 2.75) is 26.7 Å². The first-order valence-corrected chi connectivity index (χ1v) is 6.93. The first-order chi connectivity index (χ1) is 8.26. The first-order valence-electron chi connectivity index (χ1n) is 6.11. The fourth-order valence-electron chi connectivity index (χ4n) is 1.84. The minimum Gasteiger partial charge on any atom is -0.378 e. The second kappa shape index (κ2) is 5.60.